The van der Waals surface area contributed by atoms with Gasteiger partial charge in [-0.05, 0) is 56.5 Å². The van der Waals surface area contributed by atoms with Crippen LogP contribution in [0, 0.1) is 5.92 Å². The summed E-state index contributed by atoms with van der Waals surface area (Å²) >= 11 is 0. The molecule has 124 valence electrons. The van der Waals surface area contributed by atoms with E-state index in [0.717, 1.165) is 50.0 Å². The maximum atomic E-state index is 5.73. The lowest BCUT2D eigenvalue weighted by Gasteiger charge is -2.32. The number of hydrogen-bond donors (Lipinski definition) is 1. The van der Waals surface area contributed by atoms with Crippen LogP contribution in [0.2, 0.25) is 0 Å². The lowest BCUT2D eigenvalue weighted by atomic mass is 9.95. The molecule has 1 aromatic heterocycles. The first-order valence-electron chi connectivity index (χ1n) is 8.40. The highest BCUT2D eigenvalue weighted by molar-refractivity contribution is 5.46. The third-order valence-corrected chi connectivity index (χ3v) is 4.60. The lowest BCUT2D eigenvalue weighted by Crippen LogP contribution is -2.36. The molecule has 0 aliphatic carbocycles. The van der Waals surface area contributed by atoms with Gasteiger partial charge >= 0.3 is 0 Å². The fourth-order valence-corrected chi connectivity index (χ4v) is 3.47. The summed E-state index contributed by atoms with van der Waals surface area (Å²) in [4.78, 5) is 2.52. The highest BCUT2D eigenvalue weighted by Gasteiger charge is 2.21. The number of aromatic nitrogens is 2. The molecule has 2 N–H and O–H groups in total. The first-order chi connectivity index (χ1) is 11.3. The zero-order valence-corrected chi connectivity index (χ0v) is 13.8. The lowest BCUT2D eigenvalue weighted by molar-refractivity contribution is 0.160. The van der Waals surface area contributed by atoms with Crippen molar-refractivity contribution in [2.75, 3.05) is 26.7 Å². The number of benzene rings is 1. The predicted octanol–water partition coefficient (Wildman–Crippen LogP) is 2.44. The molecule has 1 unspecified atom stereocenters. The molecule has 1 aliphatic heterocycles. The predicted molar refractivity (Wildman–Crippen MR) is 91.8 cm³/mol. The van der Waals surface area contributed by atoms with Crippen molar-refractivity contribution >= 4 is 0 Å². The maximum Gasteiger partial charge on any atom is 0.144 e. The highest BCUT2D eigenvalue weighted by Crippen LogP contribution is 2.25. The SMILES string of the molecule is COc1ccccc1-n1nccc1CN1CCCC(CCN)C1. The van der Waals surface area contributed by atoms with Gasteiger partial charge in [-0.3, -0.25) is 4.90 Å². The van der Waals surface area contributed by atoms with Crippen LogP contribution in [0.25, 0.3) is 5.69 Å². The Morgan fingerprint density at radius 3 is 3.00 bits per heavy atom. The minimum Gasteiger partial charge on any atom is -0.494 e. The van der Waals surface area contributed by atoms with Crippen molar-refractivity contribution in [3.63, 3.8) is 0 Å². The van der Waals surface area contributed by atoms with Crippen molar-refractivity contribution in [3.05, 3.63) is 42.2 Å². The van der Waals surface area contributed by atoms with Gasteiger partial charge < -0.3 is 10.5 Å². The van der Waals surface area contributed by atoms with Gasteiger partial charge in [-0.2, -0.15) is 5.10 Å². The third-order valence-electron chi connectivity index (χ3n) is 4.60. The minimum atomic E-state index is 0.733. The van der Waals surface area contributed by atoms with Crippen molar-refractivity contribution in [2.24, 2.45) is 11.7 Å². The summed E-state index contributed by atoms with van der Waals surface area (Å²) in [6.45, 7) is 3.99. The number of para-hydroxylation sites is 2. The van der Waals surface area contributed by atoms with Crippen molar-refractivity contribution in [1.29, 1.82) is 0 Å². The van der Waals surface area contributed by atoms with E-state index in [-0.39, 0.29) is 0 Å². The molecule has 0 amide bonds. The van der Waals surface area contributed by atoms with E-state index >= 15 is 0 Å². The van der Waals surface area contributed by atoms with Gasteiger partial charge in [-0.25, -0.2) is 4.68 Å². The molecule has 2 aromatic rings. The Morgan fingerprint density at radius 2 is 2.17 bits per heavy atom. The Kier molecular flexibility index (Phi) is 5.31. The molecular weight excluding hydrogens is 288 g/mol. The van der Waals surface area contributed by atoms with E-state index in [2.05, 4.69) is 16.1 Å². The molecule has 5 heteroatoms. The van der Waals surface area contributed by atoms with Gasteiger partial charge in [0.05, 0.1) is 12.8 Å². The molecule has 0 bridgehead atoms. The van der Waals surface area contributed by atoms with Crippen LogP contribution in [0.15, 0.2) is 36.5 Å². The van der Waals surface area contributed by atoms with Crippen LogP contribution in [-0.4, -0.2) is 41.4 Å². The van der Waals surface area contributed by atoms with Crippen LogP contribution in [0.1, 0.15) is 25.0 Å². The summed E-state index contributed by atoms with van der Waals surface area (Å²) in [5.41, 5.74) is 7.91. The van der Waals surface area contributed by atoms with Crippen molar-refractivity contribution < 1.29 is 4.74 Å². The van der Waals surface area contributed by atoms with Crippen molar-refractivity contribution in [1.82, 2.24) is 14.7 Å². The van der Waals surface area contributed by atoms with Gasteiger partial charge in [-0.1, -0.05) is 12.1 Å². The Bertz CT molecular complexity index is 623. The molecule has 2 heterocycles. The molecule has 1 atom stereocenters. The molecule has 0 saturated carbocycles. The molecule has 5 nitrogen and oxygen atoms in total. The second kappa shape index (κ2) is 7.62. The van der Waals surface area contributed by atoms with E-state index < -0.39 is 0 Å². The number of likely N-dealkylation sites (tertiary alicyclic amines) is 1. The number of piperidine rings is 1. The Balaban J connectivity index is 1.76. The van der Waals surface area contributed by atoms with E-state index in [4.69, 9.17) is 10.5 Å². The monoisotopic (exact) mass is 314 g/mol. The van der Waals surface area contributed by atoms with Gasteiger partial charge in [0.2, 0.25) is 0 Å². The zero-order valence-electron chi connectivity index (χ0n) is 13.8. The van der Waals surface area contributed by atoms with Crippen LogP contribution >= 0.6 is 0 Å². The quantitative estimate of drug-likeness (QED) is 0.890. The molecule has 23 heavy (non-hydrogen) atoms. The maximum absolute atomic E-state index is 5.73. The van der Waals surface area contributed by atoms with Gasteiger partial charge in [0.25, 0.3) is 0 Å². The third kappa shape index (κ3) is 3.74. The normalized spacial score (nSPS) is 19.0. The second-order valence-electron chi connectivity index (χ2n) is 6.23. The first kappa shape index (κ1) is 16.0. The number of rotatable bonds is 6. The van der Waals surface area contributed by atoms with Crippen molar-refractivity contribution in [2.45, 2.75) is 25.8 Å². The largest absolute Gasteiger partial charge is 0.494 e. The van der Waals surface area contributed by atoms with E-state index in [9.17, 15) is 0 Å². The van der Waals surface area contributed by atoms with Crippen molar-refractivity contribution in [3.8, 4) is 11.4 Å². The topological polar surface area (TPSA) is 56.3 Å². The fourth-order valence-electron chi connectivity index (χ4n) is 3.47. The molecular formula is C18H26N4O. The summed E-state index contributed by atoms with van der Waals surface area (Å²) < 4.78 is 7.47. The van der Waals surface area contributed by atoms with Gasteiger partial charge in [0.15, 0.2) is 0 Å². The van der Waals surface area contributed by atoms with E-state index in [1.807, 2.05) is 35.1 Å². The smallest absolute Gasteiger partial charge is 0.144 e. The molecule has 0 spiro atoms. The Morgan fingerprint density at radius 1 is 1.30 bits per heavy atom. The Hall–Kier alpha value is -1.85. The standard InChI is InChI=1S/C18H26N4O/c1-23-18-7-3-2-6-17(18)22-16(9-11-20-22)14-21-12-4-5-15(13-21)8-10-19/h2-3,6-7,9,11,15H,4-5,8,10,12-14,19H2,1H3. The van der Waals surface area contributed by atoms with Gasteiger partial charge in [0.1, 0.15) is 11.4 Å². The molecule has 0 radical (unpaired) electrons. The molecule has 3 rings (SSSR count). The summed E-state index contributed by atoms with van der Waals surface area (Å²) in [5, 5.41) is 4.51. The van der Waals surface area contributed by atoms with Crippen LogP contribution in [0.3, 0.4) is 0 Å². The van der Waals surface area contributed by atoms with Gasteiger partial charge in [0, 0.05) is 19.3 Å². The summed E-state index contributed by atoms with van der Waals surface area (Å²) in [5.74, 6) is 1.58. The second-order valence-corrected chi connectivity index (χ2v) is 6.23. The summed E-state index contributed by atoms with van der Waals surface area (Å²) in [7, 11) is 1.70. The molecule has 1 fully saturated rings. The first-order valence-corrected chi connectivity index (χ1v) is 8.40. The van der Waals surface area contributed by atoms with Gasteiger partial charge in [-0.15, -0.1) is 0 Å². The van der Waals surface area contributed by atoms with E-state index in [0.29, 0.717) is 0 Å². The fraction of sp³-hybridized carbons (Fsp3) is 0.500. The summed E-state index contributed by atoms with van der Waals surface area (Å²) in [6, 6.07) is 10.1. The van der Waals surface area contributed by atoms with Crippen LogP contribution in [0.5, 0.6) is 5.75 Å². The number of nitrogens with two attached hydrogens (primary N) is 1. The van der Waals surface area contributed by atoms with E-state index in [1.54, 1.807) is 7.11 Å². The minimum absolute atomic E-state index is 0.733. The summed E-state index contributed by atoms with van der Waals surface area (Å²) in [6.07, 6.45) is 5.55. The Labute approximate surface area is 138 Å². The molecule has 1 aliphatic rings. The van der Waals surface area contributed by atoms with Crippen LogP contribution in [-0.2, 0) is 6.54 Å². The number of ether oxygens (including phenoxy) is 1. The van der Waals surface area contributed by atoms with Crippen LogP contribution < -0.4 is 10.5 Å². The number of hydrogen-bond acceptors (Lipinski definition) is 4. The van der Waals surface area contributed by atoms with Crippen LogP contribution in [0.4, 0.5) is 0 Å². The number of nitrogens with zero attached hydrogens (tertiary/aromatic N) is 3. The molecule has 1 saturated heterocycles. The average molecular weight is 314 g/mol. The molecule has 1 aromatic carbocycles. The highest BCUT2D eigenvalue weighted by atomic mass is 16.5. The average Bonchev–Trinajstić information content (AvgIpc) is 3.03. The number of methoxy groups -OCH3 is 1. The zero-order chi connectivity index (χ0) is 16.1. The van der Waals surface area contributed by atoms with E-state index in [1.165, 1.54) is 18.5 Å².